The van der Waals surface area contributed by atoms with Crippen LogP contribution in [-0.4, -0.2) is 97.8 Å². The number of piperidine rings is 2. The van der Waals surface area contributed by atoms with E-state index >= 15 is 0 Å². The highest BCUT2D eigenvalue weighted by Gasteiger charge is 2.52. The molecular weight excluding hydrogens is 2020 g/mol. The van der Waals surface area contributed by atoms with Gasteiger partial charge in [-0.05, 0) is 210 Å². The molecule has 7 rings (SSSR count). The first-order valence-corrected chi connectivity index (χ1v) is 43.6. The Kier molecular flexibility index (Phi) is 50.9. The molecule has 0 amide bonds. The number of rotatable bonds is 5. The van der Waals surface area contributed by atoms with Crippen LogP contribution in [0.3, 0.4) is 0 Å². The fraction of sp³-hybridized carbons (Fsp3) is 0.137. The van der Waals surface area contributed by atoms with Gasteiger partial charge in [-0.1, -0.05) is 47.8 Å². The molecule has 3 aromatic carbocycles. The Morgan fingerprint density at radius 1 is 0.298 bits per heavy atom. The lowest BCUT2D eigenvalue weighted by Crippen LogP contribution is -2.55. The molecule has 0 radical (unpaired) electrons. The predicted octanol–water partition coefficient (Wildman–Crippen LogP) is 8.13. The minimum Gasteiger partial charge on any atom is -0.359 e. The molecule has 0 aromatic heterocycles. The van der Waals surface area contributed by atoms with Crippen LogP contribution in [0.4, 0.5) is 0 Å². The molecule has 4 aliphatic rings. The van der Waals surface area contributed by atoms with Crippen LogP contribution in [0, 0.1) is 415 Å². The average molecular weight is 2060 g/mol. The van der Waals surface area contributed by atoms with Crippen LogP contribution in [0.5, 0.6) is 0 Å². The molecule has 4 saturated heterocycles. The summed E-state index contributed by atoms with van der Waals surface area (Å²) in [5.74, 6) is 168. The van der Waals surface area contributed by atoms with Crippen molar-refractivity contribution >= 4 is 135 Å². The third-order valence-electron chi connectivity index (χ3n) is 13.3. The topological polar surface area (TPSA) is 151 Å². The van der Waals surface area contributed by atoms with Crippen LogP contribution in [0.25, 0.3) is 0 Å². The van der Waals surface area contributed by atoms with Gasteiger partial charge < -0.3 is 14.8 Å². The molecule has 4 heterocycles. The van der Waals surface area contributed by atoms with E-state index in [0.717, 1.165) is 52.5 Å². The van der Waals surface area contributed by atoms with Crippen molar-refractivity contribution in [3.05, 3.63) is 81.4 Å². The molecule has 12 nitrogen and oxygen atoms in total. The van der Waals surface area contributed by atoms with E-state index in [1.807, 2.05) is 0 Å². The van der Waals surface area contributed by atoms with Crippen LogP contribution in [0.2, 0.25) is 0 Å². The minimum atomic E-state index is -3.85. The molecular formula is C102H37Br6ClN4O8S3. The van der Waals surface area contributed by atoms with Crippen molar-refractivity contribution in [2.45, 2.75) is 51.8 Å². The second-order valence-electron chi connectivity index (χ2n) is 21.0. The fourth-order valence-corrected chi connectivity index (χ4v) is 18.0. The first kappa shape index (κ1) is 101. The Hall–Kier alpha value is -15.0. The molecule has 2 N–H and O–H groups in total. The zero-order valence-electron chi connectivity index (χ0n) is 63.4. The van der Waals surface area contributed by atoms with Crippen LogP contribution < -0.4 is 10.6 Å². The molecule has 3 aromatic rings. The Bertz CT molecular complexity index is 7360. The van der Waals surface area contributed by atoms with E-state index in [1.54, 1.807) is 48.5 Å². The molecule has 4 aliphatic heterocycles. The summed E-state index contributed by atoms with van der Waals surface area (Å²) < 4.78 is 93.1. The number of benzene rings is 3. The van der Waals surface area contributed by atoms with Crippen molar-refractivity contribution in [3.63, 3.8) is 0 Å². The van der Waals surface area contributed by atoms with E-state index in [2.05, 4.69) is 509 Å². The smallest absolute Gasteiger partial charge is 0.262 e. The molecule has 4 fully saturated rings. The Morgan fingerprint density at radius 3 is 0.750 bits per heavy atom. The second kappa shape index (κ2) is 62.2. The van der Waals surface area contributed by atoms with E-state index in [1.165, 1.54) is 14.7 Å². The Balaban J connectivity index is 0.000000473. The van der Waals surface area contributed by atoms with Gasteiger partial charge in [0.1, 0.15) is 11.4 Å². The summed E-state index contributed by atoms with van der Waals surface area (Å²) in [6.45, 7) is 4.88. The van der Waals surface area contributed by atoms with Gasteiger partial charge in [0.25, 0.3) is 9.05 Å². The summed E-state index contributed by atoms with van der Waals surface area (Å²) in [6, 6.07) is 14.5. The molecule has 22 heteroatoms. The van der Waals surface area contributed by atoms with E-state index in [-0.39, 0.29) is 59.5 Å². The third-order valence-corrected chi connectivity index (χ3v) is 22.9. The summed E-state index contributed by atoms with van der Waals surface area (Å²) in [5.41, 5.74) is -1.00. The largest absolute Gasteiger partial charge is 0.359 e. The van der Waals surface area contributed by atoms with Gasteiger partial charge in [0, 0.05) is 397 Å². The summed E-state index contributed by atoms with van der Waals surface area (Å²) >= 11 is 19.6. The van der Waals surface area contributed by atoms with E-state index in [4.69, 9.17) is 33.0 Å². The van der Waals surface area contributed by atoms with Gasteiger partial charge in [-0.2, -0.15) is 8.61 Å². The van der Waals surface area contributed by atoms with Crippen LogP contribution in [0.15, 0.2) is 96.1 Å². The molecule has 124 heavy (non-hydrogen) atoms. The van der Waals surface area contributed by atoms with Gasteiger partial charge in [0.2, 0.25) is 20.0 Å². The SMILES string of the molecule is C#CC#CC#CC#CC#CC#CC#CC#CC#CC#CC#CC#CC#CC#CC#CC#CC#CC#CC#CC#CC#CC#CC#CC#CC#CC#CC#CC#CC#CC#CC#CC#CC#CC#CC#C.C1CC2(CCN1)NCCO2.O=S(=O)(Cl)c1ccc(Br)cc1Br.O=S(=O)(c1ccc(Br)cc1Br)N1CCC2(CC1)OCCN2S(=O)(=O)c1ccc(Br)cc1Br. The van der Waals surface area contributed by atoms with Crippen molar-refractivity contribution < 1.29 is 34.7 Å². The number of hydrogen-bond donors (Lipinski definition) is 2. The molecule has 0 atom stereocenters. The highest BCUT2D eigenvalue weighted by atomic mass is 79.9. The van der Waals surface area contributed by atoms with E-state index < -0.39 is 34.8 Å². The third kappa shape index (κ3) is 44.2. The number of nitrogens with one attached hydrogen (secondary N) is 2. The zero-order valence-corrected chi connectivity index (χ0v) is 76.1. The van der Waals surface area contributed by atoms with Crippen LogP contribution in [0.1, 0.15) is 25.7 Å². The Morgan fingerprint density at radius 2 is 0.532 bits per heavy atom. The normalized spacial score (nSPS) is 11.0. The van der Waals surface area contributed by atoms with Gasteiger partial charge in [0.15, 0.2) is 0 Å². The number of hydrogen-bond acceptors (Lipinski definition) is 10. The monoisotopic (exact) mass is 2050 g/mol. The molecule has 0 saturated carbocycles. The number of nitrogens with zero attached hydrogens (tertiary/aromatic N) is 2. The van der Waals surface area contributed by atoms with Crippen molar-refractivity contribution in [1.82, 2.24) is 19.2 Å². The summed E-state index contributed by atoms with van der Waals surface area (Å²) in [7, 11) is -6.10. The number of ether oxygens (including phenoxy) is 2. The van der Waals surface area contributed by atoms with Crippen molar-refractivity contribution in [2.75, 3.05) is 52.5 Å². The molecule has 0 unspecified atom stereocenters. The van der Waals surface area contributed by atoms with Gasteiger partial charge in [-0.3, -0.25) is 5.32 Å². The number of terminal acetylenes is 2. The summed E-state index contributed by atoms with van der Waals surface area (Å²) in [4.78, 5) is 0.402. The highest BCUT2D eigenvalue weighted by Crippen LogP contribution is 2.42. The Labute approximate surface area is 782 Å². The first-order valence-electron chi connectivity index (χ1n) is 33.7. The molecule has 580 valence electrons. The first-order chi connectivity index (χ1) is 60.2. The number of halogens is 7. The van der Waals surface area contributed by atoms with Crippen molar-refractivity contribution in [1.29, 1.82) is 0 Å². The van der Waals surface area contributed by atoms with Gasteiger partial charge in [-0.15, -0.1) is 12.8 Å². The maximum atomic E-state index is 13.5. The average Bonchev–Trinajstić information content (AvgIpc) is 1.52. The van der Waals surface area contributed by atoms with Gasteiger partial charge in [-0.25, -0.2) is 25.3 Å². The molecule has 0 aliphatic carbocycles. The molecule has 0 bridgehead atoms. The van der Waals surface area contributed by atoms with Crippen LogP contribution >= 0.6 is 106 Å². The van der Waals surface area contributed by atoms with Crippen molar-refractivity contribution in [2.24, 2.45) is 0 Å². The van der Waals surface area contributed by atoms with Gasteiger partial charge >= 0.3 is 0 Å². The fourth-order valence-electron chi connectivity index (χ4n) is 8.50. The predicted molar refractivity (Wildman–Crippen MR) is 502 cm³/mol. The van der Waals surface area contributed by atoms with E-state index in [9.17, 15) is 25.3 Å². The van der Waals surface area contributed by atoms with E-state index in [0.29, 0.717) is 13.4 Å². The second-order valence-corrected chi connectivity index (χ2v) is 32.6. The quantitative estimate of drug-likeness (QED) is 0.189. The highest BCUT2D eigenvalue weighted by molar-refractivity contribution is 9.11. The summed E-state index contributed by atoms with van der Waals surface area (Å²) in [5, 5.41) is 6.73. The zero-order chi connectivity index (χ0) is 89.6. The summed E-state index contributed by atoms with van der Waals surface area (Å²) in [6.07, 6.45) is 12.6. The molecule has 2 spiro atoms. The standard InChI is InChI=1S/C70H2.C19H18Br4N2O5S2.C7H14N2O.C6H3Br2ClO2S/c1-3-5-7-9-11-13-15-17-19-21-23-25-27-29-31-33-35-37-39-41-43-45-47-49-51-53-55-57-59-61-63-65-67-69-70-68-66-64-62-60-58-56-54-52-50-48-46-44-42-40-38-36-34-32-30-28-26-24-22-20-18-16-14-12-10-8-6-4-2;20-13-1-3-17(15(22)11-13)31(26,27)24-7-5-19(6-8-24)25(9-10-30-19)32(28,29)18-4-2-14(21)12-16(18)23;1-3-8-4-2-7(1)9-5-6-10-7;7-4-1-2-6(5(8)3-4)12(9,10)11/h1-2H;1-4,11-12H,5-10H2;8-9H,1-6H2;1-3H. The maximum Gasteiger partial charge on any atom is 0.262 e. The maximum absolute atomic E-state index is 13.5. The lowest BCUT2D eigenvalue weighted by molar-refractivity contribution is -0.0806. The van der Waals surface area contributed by atoms with Gasteiger partial charge in [0.05, 0.1) is 27.9 Å². The lowest BCUT2D eigenvalue weighted by atomic mass is 10.0. The lowest BCUT2D eigenvalue weighted by Gasteiger charge is -2.42. The minimum absolute atomic E-state index is 0.0608. The van der Waals surface area contributed by atoms with Crippen molar-refractivity contribution in [3.8, 4) is 415 Å². The van der Waals surface area contributed by atoms with Crippen LogP contribution in [-0.2, 0) is 38.6 Å². The number of sulfonamides is 2.